The Kier molecular flexibility index (Phi) is 3.62. The van der Waals surface area contributed by atoms with E-state index in [1.165, 1.54) is 23.6 Å². The molecule has 1 unspecified atom stereocenters. The van der Waals surface area contributed by atoms with Crippen LogP contribution in [0.5, 0.6) is 0 Å². The van der Waals surface area contributed by atoms with Crippen LogP contribution in [0.25, 0.3) is 10.9 Å². The molecule has 0 aliphatic rings. The summed E-state index contributed by atoms with van der Waals surface area (Å²) >= 11 is 0. The Hall–Kier alpha value is -1.81. The lowest BCUT2D eigenvalue weighted by Crippen LogP contribution is -2.33. The van der Waals surface area contributed by atoms with Gasteiger partial charge in [-0.05, 0) is 37.5 Å². The van der Waals surface area contributed by atoms with Crippen LogP contribution in [0, 0.1) is 20.8 Å². The topological polar surface area (TPSA) is 68.1 Å². The fourth-order valence-corrected chi connectivity index (χ4v) is 2.52. The summed E-state index contributed by atoms with van der Waals surface area (Å²) in [5.41, 5.74) is 11.6. The van der Waals surface area contributed by atoms with Gasteiger partial charge < -0.3 is 15.5 Å². The van der Waals surface area contributed by atoms with Crippen LogP contribution in [-0.2, 0) is 16.0 Å². The lowest BCUT2D eigenvalue weighted by Gasteiger charge is -2.10. The van der Waals surface area contributed by atoms with Gasteiger partial charge >= 0.3 is 5.97 Å². The van der Waals surface area contributed by atoms with Crippen molar-refractivity contribution >= 4 is 16.9 Å². The van der Waals surface area contributed by atoms with Crippen molar-refractivity contribution in [1.82, 2.24) is 4.98 Å². The van der Waals surface area contributed by atoms with E-state index in [-0.39, 0.29) is 5.97 Å². The summed E-state index contributed by atoms with van der Waals surface area (Å²) in [5, 5.41) is 1.18. The zero-order chi connectivity index (χ0) is 14.2. The summed E-state index contributed by atoms with van der Waals surface area (Å²) in [4.78, 5) is 14.9. The molecule has 1 heterocycles. The molecule has 1 aromatic carbocycles. The van der Waals surface area contributed by atoms with Gasteiger partial charge in [0.15, 0.2) is 0 Å². The number of fused-ring (bicyclic) bond motifs is 1. The number of rotatable bonds is 3. The smallest absolute Gasteiger partial charge is 0.322 e. The molecule has 0 aliphatic heterocycles. The third-order valence-corrected chi connectivity index (χ3v) is 3.62. The van der Waals surface area contributed by atoms with E-state index >= 15 is 0 Å². The predicted octanol–water partition coefficient (Wildman–Crippen LogP) is 2.14. The van der Waals surface area contributed by atoms with Gasteiger partial charge in [-0.15, -0.1) is 0 Å². The Labute approximate surface area is 112 Å². The fraction of sp³-hybridized carbons (Fsp3) is 0.400. The van der Waals surface area contributed by atoms with E-state index in [1.807, 2.05) is 6.92 Å². The zero-order valence-electron chi connectivity index (χ0n) is 11.8. The molecular formula is C15H20N2O2. The lowest BCUT2D eigenvalue weighted by molar-refractivity contribution is -0.142. The lowest BCUT2D eigenvalue weighted by atomic mass is 9.98. The molecule has 0 saturated carbocycles. The molecule has 4 nitrogen and oxygen atoms in total. The number of hydrogen-bond donors (Lipinski definition) is 2. The van der Waals surface area contributed by atoms with Gasteiger partial charge in [-0.3, -0.25) is 4.79 Å². The molecule has 19 heavy (non-hydrogen) atoms. The number of carbonyl (C=O) groups excluding carboxylic acids is 1. The molecule has 1 atom stereocenters. The average molecular weight is 260 g/mol. The SMILES string of the molecule is COC(=O)C(N)Cc1c(C)[nH]c2c(C)ccc(C)c12. The molecule has 0 saturated heterocycles. The summed E-state index contributed by atoms with van der Waals surface area (Å²) in [6.45, 7) is 6.15. The van der Waals surface area contributed by atoms with Crippen LogP contribution < -0.4 is 5.73 Å². The summed E-state index contributed by atoms with van der Waals surface area (Å²) in [6.07, 6.45) is 0.489. The van der Waals surface area contributed by atoms with Gasteiger partial charge in [0.25, 0.3) is 0 Å². The third kappa shape index (κ3) is 2.36. The average Bonchev–Trinajstić information content (AvgIpc) is 2.71. The van der Waals surface area contributed by atoms with Crippen LogP contribution in [-0.4, -0.2) is 24.1 Å². The Morgan fingerprint density at radius 1 is 1.32 bits per heavy atom. The Morgan fingerprint density at radius 3 is 2.58 bits per heavy atom. The van der Waals surface area contributed by atoms with E-state index in [1.54, 1.807) is 0 Å². The van der Waals surface area contributed by atoms with Crippen molar-refractivity contribution in [2.24, 2.45) is 5.73 Å². The Morgan fingerprint density at radius 2 is 1.95 bits per heavy atom. The number of nitrogens with two attached hydrogens (primary N) is 1. The van der Waals surface area contributed by atoms with E-state index in [4.69, 9.17) is 10.5 Å². The Bertz CT molecular complexity index is 629. The van der Waals surface area contributed by atoms with Gasteiger partial charge in [-0.1, -0.05) is 12.1 Å². The van der Waals surface area contributed by atoms with Crippen molar-refractivity contribution in [1.29, 1.82) is 0 Å². The van der Waals surface area contributed by atoms with Gasteiger partial charge in [-0.2, -0.15) is 0 Å². The molecule has 1 aromatic heterocycles. The van der Waals surface area contributed by atoms with Gasteiger partial charge in [-0.25, -0.2) is 0 Å². The highest BCUT2D eigenvalue weighted by Gasteiger charge is 2.19. The third-order valence-electron chi connectivity index (χ3n) is 3.62. The van der Waals surface area contributed by atoms with Crippen molar-refractivity contribution in [3.63, 3.8) is 0 Å². The number of carbonyl (C=O) groups is 1. The summed E-state index contributed by atoms with van der Waals surface area (Å²) in [7, 11) is 1.36. The summed E-state index contributed by atoms with van der Waals surface area (Å²) < 4.78 is 4.69. The van der Waals surface area contributed by atoms with Crippen LogP contribution in [0.3, 0.4) is 0 Å². The minimum Gasteiger partial charge on any atom is -0.468 e. The quantitative estimate of drug-likeness (QED) is 0.831. The molecule has 3 N–H and O–H groups in total. The second-order valence-corrected chi connectivity index (χ2v) is 5.01. The largest absolute Gasteiger partial charge is 0.468 e. The first kappa shape index (κ1) is 13.6. The number of aromatic nitrogens is 1. The molecule has 0 amide bonds. The van der Waals surface area contributed by atoms with Crippen LogP contribution in [0.2, 0.25) is 0 Å². The second kappa shape index (κ2) is 5.05. The van der Waals surface area contributed by atoms with Crippen LogP contribution in [0.15, 0.2) is 12.1 Å². The number of benzene rings is 1. The maximum Gasteiger partial charge on any atom is 0.322 e. The van der Waals surface area contributed by atoms with E-state index in [0.717, 1.165) is 16.8 Å². The van der Waals surface area contributed by atoms with E-state index in [2.05, 4.69) is 31.0 Å². The summed E-state index contributed by atoms with van der Waals surface area (Å²) in [5.74, 6) is -0.376. The number of aryl methyl sites for hydroxylation is 3. The first-order chi connectivity index (χ1) is 8.95. The van der Waals surface area contributed by atoms with E-state index < -0.39 is 6.04 Å². The van der Waals surface area contributed by atoms with Crippen molar-refractivity contribution in [3.8, 4) is 0 Å². The van der Waals surface area contributed by atoms with Gasteiger partial charge in [0.05, 0.1) is 7.11 Å². The molecule has 4 heteroatoms. The maximum absolute atomic E-state index is 11.5. The number of aromatic amines is 1. The molecule has 2 rings (SSSR count). The van der Waals surface area contributed by atoms with Crippen molar-refractivity contribution in [3.05, 3.63) is 34.5 Å². The van der Waals surface area contributed by atoms with E-state index in [0.29, 0.717) is 6.42 Å². The number of nitrogens with one attached hydrogen (secondary N) is 1. The predicted molar refractivity (Wildman–Crippen MR) is 76.2 cm³/mol. The molecular weight excluding hydrogens is 240 g/mol. The Balaban J connectivity index is 2.52. The number of esters is 1. The van der Waals surface area contributed by atoms with Crippen LogP contribution >= 0.6 is 0 Å². The van der Waals surface area contributed by atoms with Crippen molar-refractivity contribution in [2.75, 3.05) is 7.11 Å². The van der Waals surface area contributed by atoms with Crippen molar-refractivity contribution in [2.45, 2.75) is 33.2 Å². The number of hydrogen-bond acceptors (Lipinski definition) is 3. The molecule has 0 bridgehead atoms. The van der Waals surface area contributed by atoms with E-state index in [9.17, 15) is 4.79 Å². The number of methoxy groups -OCH3 is 1. The molecule has 2 aromatic rings. The minimum absolute atomic E-state index is 0.376. The standard InChI is InChI=1S/C15H20N2O2/c1-8-5-6-9(2)14-13(8)11(10(3)17-14)7-12(16)15(18)19-4/h5-6,12,17H,7,16H2,1-4H3. The van der Waals surface area contributed by atoms with Crippen molar-refractivity contribution < 1.29 is 9.53 Å². The van der Waals surface area contributed by atoms with Gasteiger partial charge in [0, 0.05) is 23.0 Å². The molecule has 102 valence electrons. The normalized spacial score (nSPS) is 12.7. The molecule has 0 fully saturated rings. The second-order valence-electron chi connectivity index (χ2n) is 5.01. The van der Waals surface area contributed by atoms with Gasteiger partial charge in [0.2, 0.25) is 0 Å². The van der Waals surface area contributed by atoms with Gasteiger partial charge in [0.1, 0.15) is 6.04 Å². The highest BCUT2D eigenvalue weighted by molar-refractivity contribution is 5.91. The number of H-pyrrole nitrogens is 1. The fourth-order valence-electron chi connectivity index (χ4n) is 2.52. The zero-order valence-corrected chi connectivity index (χ0v) is 11.8. The minimum atomic E-state index is -0.623. The molecule has 0 radical (unpaired) electrons. The summed E-state index contributed by atoms with van der Waals surface area (Å²) in [6, 6.07) is 3.57. The molecule has 0 spiro atoms. The first-order valence-electron chi connectivity index (χ1n) is 6.36. The van der Waals surface area contributed by atoms with Crippen LogP contribution in [0.4, 0.5) is 0 Å². The first-order valence-corrected chi connectivity index (χ1v) is 6.36. The number of ether oxygens (including phenoxy) is 1. The monoisotopic (exact) mass is 260 g/mol. The highest BCUT2D eigenvalue weighted by atomic mass is 16.5. The highest BCUT2D eigenvalue weighted by Crippen LogP contribution is 2.28. The van der Waals surface area contributed by atoms with Crippen LogP contribution in [0.1, 0.15) is 22.4 Å². The maximum atomic E-state index is 11.5. The molecule has 0 aliphatic carbocycles.